The predicted octanol–water partition coefficient (Wildman–Crippen LogP) is -6.81. The van der Waals surface area contributed by atoms with Gasteiger partial charge in [-0.1, -0.05) is 18.2 Å². The Labute approximate surface area is 346 Å². The molecular weight excluding hydrogens is 837 g/mol. The number of halogens is 3. The summed E-state index contributed by atoms with van der Waals surface area (Å²) in [6, 6.07) is 22.6. The molecule has 0 bridgehead atoms. The van der Waals surface area contributed by atoms with Crippen molar-refractivity contribution in [3.05, 3.63) is 145 Å². The van der Waals surface area contributed by atoms with Gasteiger partial charge in [0.2, 0.25) is 0 Å². The SMILES string of the molecule is O.O=C(O)c1cc(O)c(O)c(O)c1.O=C(O)c1cc(O)c(O)c(O)c1.O=C(O)c1cc(O)c(O)c(O)c1.[Cl-].[Cl-].[Cl-].c1cc[nH+]cc1.c1cc[nH+]cc1.c1cc[nH+]cc1. The third-order valence-electron chi connectivity index (χ3n) is 5.77. The number of aromatic hydroxyl groups is 9. The standard InChI is InChI=1S/3C7H6O5.3C5H5N.3ClH.H2O/c3*8-4-1-3(7(11)12)2-5(9)6(4)10;3*1-2-4-6-5-3-1;;;;/h3*1-2,8-10H,(H,11,12);3*1-5H;3*1H;1H2. The van der Waals surface area contributed by atoms with Gasteiger partial charge in [-0.3, -0.25) is 0 Å². The molecule has 17 N–H and O–H groups in total. The Balaban J connectivity index is -0.000000305. The Morgan fingerprint density at radius 1 is 0.328 bits per heavy atom. The fourth-order valence-corrected chi connectivity index (χ4v) is 3.21. The van der Waals surface area contributed by atoms with Crippen LogP contribution in [0, 0.1) is 0 Å². The predicted molar refractivity (Wildman–Crippen MR) is 188 cm³/mol. The highest BCUT2D eigenvalue weighted by atomic mass is 35.5. The van der Waals surface area contributed by atoms with E-state index in [1.54, 1.807) is 0 Å². The van der Waals surface area contributed by atoms with E-state index in [-0.39, 0.29) is 59.4 Å². The molecule has 58 heavy (non-hydrogen) atoms. The first-order chi connectivity index (χ1) is 25.6. The van der Waals surface area contributed by atoms with Crippen molar-refractivity contribution in [3.8, 4) is 51.7 Å². The van der Waals surface area contributed by atoms with Crippen molar-refractivity contribution < 1.29 is 133 Å². The van der Waals surface area contributed by atoms with Crippen molar-refractivity contribution in [2.45, 2.75) is 0 Å². The van der Waals surface area contributed by atoms with Gasteiger partial charge in [-0.15, -0.1) is 0 Å². The first-order valence-corrected chi connectivity index (χ1v) is 14.7. The van der Waals surface area contributed by atoms with Crippen molar-refractivity contribution in [1.82, 2.24) is 0 Å². The maximum absolute atomic E-state index is 10.3. The fraction of sp³-hybridized carbons (Fsp3) is 0. The van der Waals surface area contributed by atoms with Crippen molar-refractivity contribution in [3.63, 3.8) is 0 Å². The van der Waals surface area contributed by atoms with E-state index in [9.17, 15) is 14.4 Å². The monoisotopic (exact) mass is 873 g/mol. The number of rotatable bonds is 3. The second-order valence-electron chi connectivity index (χ2n) is 9.74. The summed E-state index contributed by atoms with van der Waals surface area (Å²) in [5.74, 6) is -10.00. The number of carboxylic acid groups (broad SMARTS) is 3. The van der Waals surface area contributed by atoms with Crippen molar-refractivity contribution >= 4 is 17.9 Å². The fourth-order valence-electron chi connectivity index (χ4n) is 3.21. The van der Waals surface area contributed by atoms with E-state index in [4.69, 9.17) is 61.3 Å². The van der Waals surface area contributed by atoms with Crippen LogP contribution in [0.3, 0.4) is 0 Å². The normalized spacial score (nSPS) is 8.48. The summed E-state index contributed by atoms with van der Waals surface area (Å²) in [5.41, 5.74) is -0.867. The molecule has 0 atom stereocenters. The lowest BCUT2D eigenvalue weighted by Gasteiger charge is -2.01. The lowest BCUT2D eigenvalue weighted by Crippen LogP contribution is -3.00. The van der Waals surface area contributed by atoms with Crippen LogP contribution in [0.5, 0.6) is 51.7 Å². The summed E-state index contributed by atoms with van der Waals surface area (Å²) < 4.78 is 0. The molecule has 0 saturated heterocycles. The quantitative estimate of drug-likeness (QED) is 0.0736. The Kier molecular flexibility index (Phi) is 30.4. The van der Waals surface area contributed by atoms with Gasteiger partial charge < -0.3 is 104 Å². The van der Waals surface area contributed by atoms with Crippen LogP contribution in [0.1, 0.15) is 31.1 Å². The number of aromatic amines is 3. The maximum atomic E-state index is 10.3. The highest BCUT2D eigenvalue weighted by Crippen LogP contribution is 2.36. The van der Waals surface area contributed by atoms with E-state index < -0.39 is 69.7 Å². The molecule has 0 aliphatic carbocycles. The van der Waals surface area contributed by atoms with Gasteiger partial charge in [0.15, 0.2) is 88.9 Å². The zero-order valence-electron chi connectivity index (χ0n) is 29.3. The molecule has 0 radical (unpaired) electrons. The number of carboxylic acids is 3. The zero-order chi connectivity index (χ0) is 40.6. The maximum Gasteiger partial charge on any atom is 0.335 e. The molecule has 0 amide bonds. The van der Waals surface area contributed by atoms with Crippen LogP contribution in [-0.4, -0.2) is 84.7 Å². The third-order valence-corrected chi connectivity index (χ3v) is 5.77. The average molecular weight is 875 g/mol. The van der Waals surface area contributed by atoms with Crippen LogP contribution in [0.2, 0.25) is 0 Å². The molecule has 0 saturated carbocycles. The Bertz CT molecular complexity index is 1690. The number of phenolic OH excluding ortho intramolecular Hbond substituents is 9. The van der Waals surface area contributed by atoms with E-state index >= 15 is 0 Å². The minimum Gasteiger partial charge on any atom is -1.00 e. The number of aromatic carboxylic acids is 3. The van der Waals surface area contributed by atoms with Gasteiger partial charge in [-0.05, 0) is 36.4 Å². The van der Waals surface area contributed by atoms with Gasteiger partial charge in [0.25, 0.3) is 0 Å². The van der Waals surface area contributed by atoms with Crippen molar-refractivity contribution in [2.24, 2.45) is 0 Å². The van der Waals surface area contributed by atoms with Crippen LogP contribution in [0.15, 0.2) is 128 Å². The Morgan fingerprint density at radius 3 is 0.569 bits per heavy atom. The van der Waals surface area contributed by atoms with Crippen LogP contribution in [0.25, 0.3) is 0 Å². The van der Waals surface area contributed by atoms with Gasteiger partial charge in [-0.2, -0.15) is 0 Å². The minimum absolute atomic E-state index is 0. The number of benzene rings is 3. The highest BCUT2D eigenvalue weighted by Gasteiger charge is 2.13. The molecule has 0 aliphatic heterocycles. The summed E-state index contributed by atoms with van der Waals surface area (Å²) in [6.07, 6.45) is 11.2. The number of aromatic nitrogens is 3. The number of hydrogen-bond donors (Lipinski definition) is 12. The van der Waals surface area contributed by atoms with Crippen LogP contribution in [-0.2, 0) is 0 Å². The van der Waals surface area contributed by atoms with Crippen LogP contribution >= 0.6 is 0 Å². The molecule has 0 spiro atoms. The molecule has 6 aromatic rings. The second-order valence-corrected chi connectivity index (χ2v) is 9.74. The Morgan fingerprint density at radius 2 is 0.483 bits per heavy atom. The summed E-state index contributed by atoms with van der Waals surface area (Å²) in [4.78, 5) is 39.6. The number of pyridine rings is 3. The van der Waals surface area contributed by atoms with E-state index in [1.807, 2.05) is 91.8 Å². The third kappa shape index (κ3) is 22.1. The van der Waals surface area contributed by atoms with Gasteiger partial charge in [-0.25, -0.2) is 29.3 Å². The van der Waals surface area contributed by atoms with E-state index in [1.165, 1.54) is 0 Å². The average Bonchev–Trinajstić information content (AvgIpc) is 3.17. The van der Waals surface area contributed by atoms with Crippen LogP contribution < -0.4 is 52.2 Å². The van der Waals surface area contributed by atoms with Gasteiger partial charge in [0.05, 0.1) is 16.7 Å². The lowest BCUT2D eigenvalue weighted by atomic mass is 10.2. The molecule has 3 heterocycles. The first kappa shape index (κ1) is 57.3. The van der Waals surface area contributed by atoms with Crippen molar-refractivity contribution in [2.75, 3.05) is 0 Å². The van der Waals surface area contributed by atoms with Crippen molar-refractivity contribution in [1.29, 1.82) is 0 Å². The largest absolute Gasteiger partial charge is 1.00 e. The zero-order valence-corrected chi connectivity index (χ0v) is 31.6. The molecule has 19 nitrogen and oxygen atoms in total. The molecule has 3 aromatic carbocycles. The molecular formula is C36H38Cl3N3O16. The number of carbonyl (C=O) groups is 3. The molecule has 314 valence electrons. The smallest absolute Gasteiger partial charge is 0.335 e. The van der Waals surface area contributed by atoms with Gasteiger partial charge >= 0.3 is 17.9 Å². The number of nitrogens with one attached hydrogen (secondary N) is 3. The highest BCUT2D eigenvalue weighted by molar-refractivity contribution is 5.90. The second kappa shape index (κ2) is 30.8. The van der Waals surface area contributed by atoms with E-state index in [2.05, 4.69) is 15.0 Å². The lowest BCUT2D eigenvalue weighted by molar-refractivity contribution is -0.378. The Hall–Kier alpha value is -7.45. The molecule has 3 aromatic heterocycles. The molecule has 22 heteroatoms. The summed E-state index contributed by atoms with van der Waals surface area (Å²) >= 11 is 0. The molecule has 0 aliphatic rings. The summed E-state index contributed by atoms with van der Waals surface area (Å²) in [5, 5.41) is 105. The topological polar surface area (TPSA) is 368 Å². The molecule has 0 fully saturated rings. The first-order valence-electron chi connectivity index (χ1n) is 14.7. The molecule has 6 rings (SSSR count). The summed E-state index contributed by atoms with van der Waals surface area (Å²) in [7, 11) is 0. The summed E-state index contributed by atoms with van der Waals surface area (Å²) in [6.45, 7) is 0. The number of H-pyrrole nitrogens is 3. The number of hydrogen-bond acceptors (Lipinski definition) is 12. The van der Waals surface area contributed by atoms with E-state index in [0.29, 0.717) is 0 Å². The van der Waals surface area contributed by atoms with Crippen LogP contribution in [0.4, 0.5) is 0 Å². The number of phenols is 9. The van der Waals surface area contributed by atoms with Gasteiger partial charge in [0.1, 0.15) is 0 Å². The van der Waals surface area contributed by atoms with Gasteiger partial charge in [0, 0.05) is 36.4 Å². The van der Waals surface area contributed by atoms with E-state index in [0.717, 1.165) is 36.4 Å². The minimum atomic E-state index is -1.29. The molecule has 0 unspecified atom stereocenters.